The molecule has 4 aromatic rings. The van der Waals surface area contributed by atoms with Crippen LogP contribution in [0.15, 0.2) is 79.1 Å². The number of hydrogen-bond acceptors (Lipinski definition) is 8. The number of alkyl carbamates (subject to hydrolysis) is 1. The van der Waals surface area contributed by atoms with Crippen LogP contribution in [0, 0.1) is 0 Å². The maximum Gasteiger partial charge on any atom is 0.408 e. The quantitative estimate of drug-likeness (QED) is 0.166. The molecule has 0 bridgehead atoms. The third-order valence-electron chi connectivity index (χ3n) is 5.49. The van der Waals surface area contributed by atoms with Crippen molar-refractivity contribution in [2.75, 3.05) is 25.0 Å². The summed E-state index contributed by atoms with van der Waals surface area (Å²) in [5.41, 5.74) is 1.98. The van der Waals surface area contributed by atoms with Crippen LogP contribution in [-0.4, -0.2) is 58.9 Å². The molecule has 0 unspecified atom stereocenters. The van der Waals surface area contributed by atoms with Crippen molar-refractivity contribution in [3.8, 4) is 0 Å². The number of ether oxygens (including phenoxy) is 2. The maximum atomic E-state index is 12.8. The average molecular weight is 517 g/mol. The topological polar surface area (TPSA) is 147 Å². The van der Waals surface area contributed by atoms with Crippen LogP contribution in [0.4, 0.5) is 10.6 Å². The number of aromatic amines is 1. The second-order valence-corrected chi connectivity index (χ2v) is 8.30. The molecule has 196 valence electrons. The van der Waals surface area contributed by atoms with E-state index in [0.29, 0.717) is 18.5 Å². The number of nitrogens with zero attached hydrogens (tertiary/aromatic N) is 2. The molecule has 4 rings (SSSR count). The van der Waals surface area contributed by atoms with E-state index in [2.05, 4.69) is 31.1 Å². The van der Waals surface area contributed by atoms with Gasteiger partial charge in [0.2, 0.25) is 0 Å². The van der Waals surface area contributed by atoms with E-state index in [4.69, 9.17) is 9.47 Å². The lowest BCUT2D eigenvalue weighted by Gasteiger charge is -2.18. The summed E-state index contributed by atoms with van der Waals surface area (Å²) in [6, 6.07) is 18.6. The molecule has 0 aliphatic heterocycles. The van der Waals surface area contributed by atoms with Crippen LogP contribution in [0.2, 0.25) is 0 Å². The zero-order valence-electron chi connectivity index (χ0n) is 20.6. The molecule has 0 saturated heterocycles. The highest BCUT2D eigenvalue weighted by Crippen LogP contribution is 2.12. The van der Waals surface area contributed by atoms with Gasteiger partial charge < -0.3 is 25.4 Å². The lowest BCUT2D eigenvalue weighted by atomic mass is 10.1. The summed E-state index contributed by atoms with van der Waals surface area (Å²) in [7, 11) is 0. The number of nitrogens with one attached hydrogen (secondary N) is 4. The minimum absolute atomic E-state index is 0.0324. The van der Waals surface area contributed by atoms with E-state index >= 15 is 0 Å². The van der Waals surface area contributed by atoms with E-state index in [9.17, 15) is 14.4 Å². The lowest BCUT2D eigenvalue weighted by molar-refractivity contribution is -0.145. The van der Waals surface area contributed by atoms with Crippen molar-refractivity contribution < 1.29 is 23.9 Å². The summed E-state index contributed by atoms with van der Waals surface area (Å²) in [5.74, 6) is -0.383. The third-order valence-corrected chi connectivity index (χ3v) is 5.49. The van der Waals surface area contributed by atoms with Crippen LogP contribution in [0.3, 0.4) is 0 Å². The van der Waals surface area contributed by atoms with Crippen molar-refractivity contribution >= 4 is 34.7 Å². The van der Waals surface area contributed by atoms with E-state index in [-0.39, 0.29) is 19.8 Å². The number of carbonyl (C=O) groups is 3. The fourth-order valence-corrected chi connectivity index (χ4v) is 3.51. The zero-order chi connectivity index (χ0) is 26.6. The number of esters is 1. The predicted octanol–water partition coefficient (Wildman–Crippen LogP) is 3.03. The van der Waals surface area contributed by atoms with Gasteiger partial charge in [0, 0.05) is 30.2 Å². The second-order valence-electron chi connectivity index (χ2n) is 8.30. The summed E-state index contributed by atoms with van der Waals surface area (Å²) in [4.78, 5) is 42.1. The smallest absolute Gasteiger partial charge is 0.408 e. The fraction of sp³-hybridized carbons (Fsp3) is 0.222. The third kappa shape index (κ3) is 7.79. The summed E-state index contributed by atoms with van der Waals surface area (Å²) < 4.78 is 10.6. The van der Waals surface area contributed by atoms with Crippen molar-refractivity contribution in [2.45, 2.75) is 19.1 Å². The summed E-state index contributed by atoms with van der Waals surface area (Å²) in [5, 5.41) is 15.8. The number of hydrogen-bond donors (Lipinski definition) is 4. The average Bonchev–Trinajstić information content (AvgIpc) is 3.43. The van der Waals surface area contributed by atoms with Crippen molar-refractivity contribution in [3.63, 3.8) is 0 Å². The number of H-pyrrole nitrogens is 1. The first-order valence-corrected chi connectivity index (χ1v) is 12.1. The molecular formula is C27H28N6O5. The Kier molecular flexibility index (Phi) is 9.22. The maximum absolute atomic E-state index is 12.8. The number of pyridine rings is 1. The van der Waals surface area contributed by atoms with Gasteiger partial charge in [-0.05, 0) is 42.3 Å². The van der Waals surface area contributed by atoms with Gasteiger partial charge in [0.1, 0.15) is 18.5 Å². The van der Waals surface area contributed by atoms with Crippen LogP contribution >= 0.6 is 0 Å². The number of amides is 2. The van der Waals surface area contributed by atoms with E-state index in [1.807, 2.05) is 48.5 Å². The Hall–Kier alpha value is -4.93. The molecule has 11 nitrogen and oxygen atoms in total. The van der Waals surface area contributed by atoms with E-state index in [1.165, 1.54) is 0 Å². The highest BCUT2D eigenvalue weighted by atomic mass is 16.6. The van der Waals surface area contributed by atoms with Crippen molar-refractivity contribution in [1.29, 1.82) is 0 Å². The van der Waals surface area contributed by atoms with Crippen LogP contribution in [0.5, 0.6) is 0 Å². The molecule has 0 saturated carbocycles. The van der Waals surface area contributed by atoms with Gasteiger partial charge in [0.25, 0.3) is 5.91 Å². The molecule has 0 aliphatic rings. The van der Waals surface area contributed by atoms with Crippen molar-refractivity contribution in [2.24, 2.45) is 0 Å². The summed E-state index contributed by atoms with van der Waals surface area (Å²) in [6.45, 7) is 0.494. The van der Waals surface area contributed by atoms with Crippen molar-refractivity contribution in [3.05, 3.63) is 90.3 Å². The Morgan fingerprint density at radius 3 is 2.63 bits per heavy atom. The number of aromatic nitrogens is 3. The molecule has 0 aliphatic carbocycles. The van der Waals surface area contributed by atoms with E-state index < -0.39 is 24.0 Å². The van der Waals surface area contributed by atoms with Crippen LogP contribution < -0.4 is 16.0 Å². The fourth-order valence-electron chi connectivity index (χ4n) is 3.51. The molecular weight excluding hydrogens is 488 g/mol. The minimum atomic E-state index is -1.15. The molecule has 0 spiro atoms. The Labute approximate surface area is 218 Å². The molecule has 2 aromatic heterocycles. The Bertz CT molecular complexity index is 1350. The molecule has 0 fully saturated rings. The number of anilines is 1. The van der Waals surface area contributed by atoms with Gasteiger partial charge in [-0.2, -0.15) is 5.10 Å². The van der Waals surface area contributed by atoms with Gasteiger partial charge in [-0.25, -0.2) is 14.6 Å². The Morgan fingerprint density at radius 2 is 1.82 bits per heavy atom. The van der Waals surface area contributed by atoms with Gasteiger partial charge >= 0.3 is 12.1 Å². The molecule has 0 radical (unpaired) electrons. The zero-order valence-corrected chi connectivity index (χ0v) is 20.6. The Balaban J connectivity index is 1.30. The van der Waals surface area contributed by atoms with E-state index in [0.717, 1.165) is 22.3 Å². The normalized spacial score (nSPS) is 11.4. The van der Waals surface area contributed by atoms with Crippen LogP contribution in [0.1, 0.15) is 22.3 Å². The van der Waals surface area contributed by atoms with E-state index in [1.54, 1.807) is 30.6 Å². The SMILES string of the molecule is O=C(N[C@@H](CNC(=O)c1ccc2[nH]ncc2c1)C(=O)OCCCNc1ccccn1)OCc1ccccc1. The largest absolute Gasteiger partial charge is 0.464 e. The lowest BCUT2D eigenvalue weighted by Crippen LogP contribution is -2.49. The first-order valence-electron chi connectivity index (χ1n) is 12.1. The molecule has 4 N–H and O–H groups in total. The highest BCUT2D eigenvalue weighted by molar-refractivity contribution is 5.98. The number of rotatable bonds is 12. The monoisotopic (exact) mass is 516 g/mol. The Morgan fingerprint density at radius 1 is 0.974 bits per heavy atom. The molecule has 1 atom stereocenters. The summed E-state index contributed by atoms with van der Waals surface area (Å²) in [6.07, 6.45) is 3.00. The molecule has 2 aromatic carbocycles. The van der Waals surface area contributed by atoms with Crippen LogP contribution in [-0.2, 0) is 20.9 Å². The highest BCUT2D eigenvalue weighted by Gasteiger charge is 2.24. The standard InChI is InChI=1S/C27H28N6O5/c34-25(20-10-11-22-21(15-20)16-31-33-22)30-17-23(32-27(36)38-18-19-7-2-1-3-8-19)26(35)37-14-6-13-29-24-9-4-5-12-28-24/h1-5,7-12,15-16,23H,6,13-14,17-18H2,(H,28,29)(H,30,34)(H,31,33)(H,32,36)/t23-/m0/s1. The second kappa shape index (κ2) is 13.4. The molecule has 2 heterocycles. The van der Waals surface area contributed by atoms with Crippen LogP contribution in [0.25, 0.3) is 10.9 Å². The van der Waals surface area contributed by atoms with Gasteiger partial charge in [0.05, 0.1) is 18.3 Å². The van der Waals surface area contributed by atoms with Gasteiger partial charge in [-0.15, -0.1) is 0 Å². The number of fused-ring (bicyclic) bond motifs is 1. The van der Waals surface area contributed by atoms with Gasteiger partial charge in [-0.3, -0.25) is 9.89 Å². The number of benzene rings is 2. The first kappa shape index (κ1) is 26.1. The predicted molar refractivity (Wildman–Crippen MR) is 140 cm³/mol. The minimum Gasteiger partial charge on any atom is -0.464 e. The molecule has 2 amide bonds. The summed E-state index contributed by atoms with van der Waals surface area (Å²) >= 11 is 0. The first-order chi connectivity index (χ1) is 18.6. The molecule has 38 heavy (non-hydrogen) atoms. The van der Waals surface area contributed by atoms with Gasteiger partial charge in [0.15, 0.2) is 0 Å². The molecule has 11 heteroatoms. The number of carbonyl (C=O) groups excluding carboxylic acids is 3. The van der Waals surface area contributed by atoms with Gasteiger partial charge in [-0.1, -0.05) is 36.4 Å². The van der Waals surface area contributed by atoms with Crippen molar-refractivity contribution in [1.82, 2.24) is 25.8 Å².